The molecule has 5 nitrogen and oxygen atoms in total. The number of nitrogens with one attached hydrogen (secondary N) is 1. The third-order valence-electron chi connectivity index (χ3n) is 5.81. The summed E-state index contributed by atoms with van der Waals surface area (Å²) in [4.78, 5) is 18.5. The molecular formula is C23H23BrN2O3. The summed E-state index contributed by atoms with van der Waals surface area (Å²) < 4.78 is 12.4. The van der Waals surface area contributed by atoms with Crippen LogP contribution in [0.5, 0.6) is 5.75 Å². The monoisotopic (exact) mass is 454 g/mol. The quantitative estimate of drug-likeness (QED) is 0.622. The summed E-state index contributed by atoms with van der Waals surface area (Å²) >= 11 is 3.61. The SMILES string of the molecule is O=C(c1ccc(OCC2CCCO2)cc1)N1CCc2[nH]c3c(Br)cccc3c2C1. The van der Waals surface area contributed by atoms with Crippen molar-refractivity contribution in [2.45, 2.75) is 31.9 Å². The Balaban J connectivity index is 1.28. The molecule has 1 fully saturated rings. The molecule has 1 aromatic heterocycles. The summed E-state index contributed by atoms with van der Waals surface area (Å²) in [5.74, 6) is 0.838. The molecule has 29 heavy (non-hydrogen) atoms. The van der Waals surface area contributed by atoms with Gasteiger partial charge in [-0.2, -0.15) is 0 Å². The molecule has 6 heteroatoms. The molecule has 2 aliphatic heterocycles. The first-order chi connectivity index (χ1) is 14.2. The Morgan fingerprint density at radius 3 is 2.90 bits per heavy atom. The molecule has 1 amide bonds. The number of fused-ring (bicyclic) bond motifs is 3. The van der Waals surface area contributed by atoms with Gasteiger partial charge in [0.2, 0.25) is 0 Å². The van der Waals surface area contributed by atoms with Crippen LogP contribution in [0, 0.1) is 0 Å². The average molecular weight is 455 g/mol. The van der Waals surface area contributed by atoms with Crippen molar-refractivity contribution in [2.75, 3.05) is 19.8 Å². The van der Waals surface area contributed by atoms with Gasteiger partial charge in [-0.3, -0.25) is 4.79 Å². The Morgan fingerprint density at radius 2 is 2.10 bits per heavy atom. The minimum Gasteiger partial charge on any atom is -0.491 e. The number of nitrogens with zero attached hydrogens (tertiary/aromatic N) is 1. The second-order valence-electron chi connectivity index (χ2n) is 7.69. The number of aromatic amines is 1. The molecular weight excluding hydrogens is 432 g/mol. The summed E-state index contributed by atoms with van der Waals surface area (Å²) in [6.07, 6.45) is 3.19. The van der Waals surface area contributed by atoms with Crippen LogP contribution in [0.2, 0.25) is 0 Å². The maximum absolute atomic E-state index is 13.1. The molecule has 0 saturated carbocycles. The molecule has 0 radical (unpaired) electrons. The van der Waals surface area contributed by atoms with Crippen LogP contribution in [0.15, 0.2) is 46.9 Å². The van der Waals surface area contributed by atoms with E-state index in [0.717, 1.165) is 41.6 Å². The fraction of sp³-hybridized carbons (Fsp3) is 0.348. The molecule has 0 bridgehead atoms. The Hall–Kier alpha value is -2.31. The number of H-pyrrole nitrogens is 1. The van der Waals surface area contributed by atoms with Gasteiger partial charge in [0.15, 0.2) is 0 Å². The van der Waals surface area contributed by atoms with Crippen molar-refractivity contribution in [1.29, 1.82) is 0 Å². The normalized spacial score (nSPS) is 18.8. The van der Waals surface area contributed by atoms with Crippen LogP contribution in [0.1, 0.15) is 34.5 Å². The van der Waals surface area contributed by atoms with E-state index in [4.69, 9.17) is 9.47 Å². The van der Waals surface area contributed by atoms with Crippen molar-refractivity contribution in [3.8, 4) is 5.75 Å². The van der Waals surface area contributed by atoms with E-state index in [2.05, 4.69) is 27.0 Å². The highest BCUT2D eigenvalue weighted by molar-refractivity contribution is 9.10. The number of rotatable bonds is 4. The number of ether oxygens (including phenoxy) is 2. The highest BCUT2D eigenvalue weighted by Crippen LogP contribution is 2.32. The van der Waals surface area contributed by atoms with E-state index in [1.165, 1.54) is 16.6 Å². The van der Waals surface area contributed by atoms with Gasteiger partial charge in [-0.05, 0) is 59.1 Å². The molecule has 5 rings (SSSR count). The van der Waals surface area contributed by atoms with Crippen molar-refractivity contribution >= 4 is 32.7 Å². The van der Waals surface area contributed by atoms with Gasteiger partial charge in [-0.25, -0.2) is 0 Å². The fourth-order valence-corrected chi connectivity index (χ4v) is 4.68. The third-order valence-corrected chi connectivity index (χ3v) is 6.47. The lowest BCUT2D eigenvalue weighted by Crippen LogP contribution is -2.35. The Bertz CT molecular complexity index is 1040. The molecule has 2 aromatic carbocycles. The molecule has 150 valence electrons. The zero-order valence-corrected chi connectivity index (χ0v) is 17.7. The molecule has 0 spiro atoms. The average Bonchev–Trinajstić information content (AvgIpc) is 3.40. The number of hydrogen-bond donors (Lipinski definition) is 1. The van der Waals surface area contributed by atoms with Crippen LogP contribution in [0.3, 0.4) is 0 Å². The smallest absolute Gasteiger partial charge is 0.254 e. The molecule has 2 aliphatic rings. The van der Waals surface area contributed by atoms with Gasteiger partial charge in [0.1, 0.15) is 12.4 Å². The zero-order chi connectivity index (χ0) is 19.8. The van der Waals surface area contributed by atoms with Crippen LogP contribution in [0.25, 0.3) is 10.9 Å². The summed E-state index contributed by atoms with van der Waals surface area (Å²) in [7, 11) is 0. The standard InChI is InChI=1S/C23H23BrN2O3/c24-20-5-1-4-18-19-13-26(11-10-21(19)25-22(18)20)23(27)15-6-8-16(9-7-15)29-14-17-3-2-12-28-17/h1,4-9,17,25H,2-3,10-14H2. The molecule has 1 saturated heterocycles. The third kappa shape index (κ3) is 3.67. The predicted octanol–water partition coefficient (Wildman–Crippen LogP) is 4.69. The molecule has 3 heterocycles. The first kappa shape index (κ1) is 18.7. The number of hydrogen-bond acceptors (Lipinski definition) is 3. The van der Waals surface area contributed by atoms with Gasteiger partial charge in [-0.1, -0.05) is 12.1 Å². The van der Waals surface area contributed by atoms with E-state index in [1.807, 2.05) is 41.3 Å². The topological polar surface area (TPSA) is 54.6 Å². The van der Waals surface area contributed by atoms with Crippen LogP contribution in [-0.4, -0.2) is 41.7 Å². The molecule has 1 unspecified atom stereocenters. The van der Waals surface area contributed by atoms with Crippen LogP contribution in [0.4, 0.5) is 0 Å². The van der Waals surface area contributed by atoms with Crippen molar-refractivity contribution in [3.05, 3.63) is 63.8 Å². The first-order valence-corrected chi connectivity index (χ1v) is 10.9. The van der Waals surface area contributed by atoms with Crippen molar-refractivity contribution in [2.24, 2.45) is 0 Å². The van der Waals surface area contributed by atoms with Crippen molar-refractivity contribution in [3.63, 3.8) is 0 Å². The second-order valence-corrected chi connectivity index (χ2v) is 8.55. The van der Waals surface area contributed by atoms with E-state index in [-0.39, 0.29) is 12.0 Å². The van der Waals surface area contributed by atoms with E-state index in [9.17, 15) is 4.79 Å². The maximum atomic E-state index is 13.1. The lowest BCUT2D eigenvalue weighted by atomic mass is 10.0. The number of benzene rings is 2. The lowest BCUT2D eigenvalue weighted by molar-refractivity contribution is 0.0678. The van der Waals surface area contributed by atoms with Gasteiger partial charge in [-0.15, -0.1) is 0 Å². The van der Waals surface area contributed by atoms with Crippen molar-refractivity contribution < 1.29 is 14.3 Å². The number of halogens is 1. The van der Waals surface area contributed by atoms with Gasteiger partial charge in [0.25, 0.3) is 5.91 Å². The minimum atomic E-state index is 0.0608. The lowest BCUT2D eigenvalue weighted by Gasteiger charge is -2.27. The number of carbonyl (C=O) groups is 1. The molecule has 0 aliphatic carbocycles. The molecule has 1 N–H and O–H groups in total. The van der Waals surface area contributed by atoms with Gasteiger partial charge >= 0.3 is 0 Å². The number of para-hydroxylation sites is 1. The Kier molecular flexibility index (Phi) is 5.06. The highest BCUT2D eigenvalue weighted by Gasteiger charge is 2.25. The summed E-state index contributed by atoms with van der Waals surface area (Å²) in [6.45, 7) is 2.74. The van der Waals surface area contributed by atoms with E-state index in [1.54, 1.807) is 0 Å². The summed E-state index contributed by atoms with van der Waals surface area (Å²) in [5.41, 5.74) is 4.25. The largest absolute Gasteiger partial charge is 0.491 e. The molecule has 1 atom stereocenters. The number of amides is 1. The van der Waals surface area contributed by atoms with Gasteiger partial charge in [0, 0.05) is 52.8 Å². The number of aromatic nitrogens is 1. The predicted molar refractivity (Wildman–Crippen MR) is 115 cm³/mol. The van der Waals surface area contributed by atoms with E-state index >= 15 is 0 Å². The minimum absolute atomic E-state index is 0.0608. The fourth-order valence-electron chi connectivity index (χ4n) is 4.22. The first-order valence-electron chi connectivity index (χ1n) is 10.1. The van der Waals surface area contributed by atoms with Crippen LogP contribution < -0.4 is 4.74 Å². The second kappa shape index (κ2) is 7.84. The Labute approximate surface area is 178 Å². The highest BCUT2D eigenvalue weighted by atomic mass is 79.9. The van der Waals surface area contributed by atoms with Crippen LogP contribution in [-0.2, 0) is 17.7 Å². The zero-order valence-electron chi connectivity index (χ0n) is 16.1. The van der Waals surface area contributed by atoms with E-state index < -0.39 is 0 Å². The van der Waals surface area contributed by atoms with Crippen LogP contribution >= 0.6 is 15.9 Å². The molecule has 3 aromatic rings. The Morgan fingerprint density at radius 1 is 1.24 bits per heavy atom. The maximum Gasteiger partial charge on any atom is 0.254 e. The number of carbonyl (C=O) groups excluding carboxylic acids is 1. The van der Waals surface area contributed by atoms with Crippen molar-refractivity contribution in [1.82, 2.24) is 9.88 Å². The van der Waals surface area contributed by atoms with Gasteiger partial charge in [0.05, 0.1) is 11.6 Å². The van der Waals surface area contributed by atoms with Gasteiger partial charge < -0.3 is 19.4 Å². The summed E-state index contributed by atoms with van der Waals surface area (Å²) in [6, 6.07) is 13.7. The van der Waals surface area contributed by atoms with E-state index in [0.29, 0.717) is 25.3 Å². The summed E-state index contributed by atoms with van der Waals surface area (Å²) in [5, 5.41) is 1.18.